The van der Waals surface area contributed by atoms with E-state index in [1.165, 1.54) is 24.9 Å². The van der Waals surface area contributed by atoms with Gasteiger partial charge in [-0.3, -0.25) is 0 Å². The first-order valence-corrected chi connectivity index (χ1v) is 8.74. The summed E-state index contributed by atoms with van der Waals surface area (Å²) in [7, 11) is 2.21. The van der Waals surface area contributed by atoms with Gasteiger partial charge in [-0.25, -0.2) is 0 Å². The van der Waals surface area contributed by atoms with Crippen LogP contribution in [0, 0.1) is 0 Å². The fourth-order valence-corrected chi connectivity index (χ4v) is 3.44. The highest BCUT2D eigenvalue weighted by molar-refractivity contribution is 6.30. The highest BCUT2D eigenvalue weighted by Gasteiger charge is 2.21. The number of nitrogens with zero attached hydrogens (tertiary/aromatic N) is 1. The lowest BCUT2D eigenvalue weighted by Crippen LogP contribution is -2.26. The molecule has 0 aromatic heterocycles. The predicted molar refractivity (Wildman–Crippen MR) is 96.0 cm³/mol. The maximum atomic E-state index is 6.29. The van der Waals surface area contributed by atoms with Gasteiger partial charge in [-0.05, 0) is 56.1 Å². The summed E-state index contributed by atoms with van der Waals surface area (Å²) in [5.74, 6) is 0. The smallest absolute Gasteiger partial charge is 0.108 e. The summed E-state index contributed by atoms with van der Waals surface area (Å²) in [5.41, 5.74) is 2.34. The van der Waals surface area contributed by atoms with Gasteiger partial charge in [0.1, 0.15) is 6.10 Å². The third-order valence-electron chi connectivity index (χ3n) is 4.68. The van der Waals surface area contributed by atoms with E-state index >= 15 is 0 Å². The summed E-state index contributed by atoms with van der Waals surface area (Å²) in [5, 5.41) is 0.758. The van der Waals surface area contributed by atoms with Crippen molar-refractivity contribution in [1.29, 1.82) is 0 Å². The minimum atomic E-state index is -0.0276. The Labute approximate surface area is 144 Å². The molecule has 1 fully saturated rings. The molecule has 1 aliphatic rings. The molecular weight excluding hydrogens is 306 g/mol. The molecule has 2 aromatic carbocycles. The van der Waals surface area contributed by atoms with E-state index in [1.807, 2.05) is 18.2 Å². The highest BCUT2D eigenvalue weighted by Crippen LogP contribution is 2.28. The van der Waals surface area contributed by atoms with Gasteiger partial charge in [0, 0.05) is 17.7 Å². The zero-order chi connectivity index (χ0) is 16.1. The van der Waals surface area contributed by atoms with Gasteiger partial charge in [-0.2, -0.15) is 0 Å². The van der Waals surface area contributed by atoms with Gasteiger partial charge in [-0.1, -0.05) is 54.1 Å². The van der Waals surface area contributed by atoms with Crippen molar-refractivity contribution in [2.24, 2.45) is 0 Å². The Bertz CT molecular complexity index is 599. The summed E-state index contributed by atoms with van der Waals surface area (Å²) in [6.07, 6.45) is 3.66. The average molecular weight is 330 g/mol. The Kier molecular flexibility index (Phi) is 5.71. The second-order valence-electron chi connectivity index (χ2n) is 6.28. The van der Waals surface area contributed by atoms with E-state index in [0.717, 1.165) is 23.6 Å². The van der Waals surface area contributed by atoms with E-state index in [2.05, 4.69) is 48.3 Å². The van der Waals surface area contributed by atoms with Gasteiger partial charge in [0.25, 0.3) is 0 Å². The predicted octanol–water partition coefficient (Wildman–Crippen LogP) is 4.93. The largest absolute Gasteiger partial charge is 0.369 e. The van der Waals surface area contributed by atoms with Crippen LogP contribution < -0.4 is 0 Å². The van der Waals surface area contributed by atoms with E-state index in [0.29, 0.717) is 6.04 Å². The molecule has 122 valence electrons. The van der Waals surface area contributed by atoms with Crippen LogP contribution in [0.4, 0.5) is 0 Å². The van der Waals surface area contributed by atoms with Crippen molar-refractivity contribution in [3.63, 3.8) is 0 Å². The molecule has 0 N–H and O–H groups in total. The maximum Gasteiger partial charge on any atom is 0.108 e. The lowest BCUT2D eigenvalue weighted by molar-refractivity contribution is 0.0661. The Morgan fingerprint density at radius 3 is 2.43 bits per heavy atom. The van der Waals surface area contributed by atoms with Crippen LogP contribution in [-0.2, 0) is 4.74 Å². The summed E-state index contributed by atoms with van der Waals surface area (Å²) in [6, 6.07) is 19.1. The molecule has 1 saturated heterocycles. The van der Waals surface area contributed by atoms with Crippen molar-refractivity contribution in [2.75, 3.05) is 20.2 Å². The van der Waals surface area contributed by atoms with Crippen LogP contribution >= 0.6 is 11.6 Å². The molecule has 1 aliphatic heterocycles. The number of halogens is 1. The second kappa shape index (κ2) is 7.96. The molecule has 1 heterocycles. The van der Waals surface area contributed by atoms with Crippen LogP contribution in [-0.4, -0.2) is 31.1 Å². The molecule has 3 rings (SSSR count). The molecule has 0 saturated carbocycles. The standard InChI is InChI=1S/C20H24ClNO/c1-22-14-5-8-19(22)13-15-23-20(16-6-3-2-4-7-16)17-9-11-18(21)12-10-17/h2-4,6-7,9-12,19-20H,5,8,13-15H2,1H3/t19?,20-/m1/s1. The number of hydrogen-bond donors (Lipinski definition) is 0. The lowest BCUT2D eigenvalue weighted by Gasteiger charge is -2.23. The van der Waals surface area contributed by atoms with Crippen molar-refractivity contribution >= 4 is 11.6 Å². The van der Waals surface area contributed by atoms with Crippen molar-refractivity contribution < 1.29 is 4.74 Å². The second-order valence-corrected chi connectivity index (χ2v) is 6.71. The topological polar surface area (TPSA) is 12.5 Å². The molecule has 1 unspecified atom stereocenters. The molecule has 3 heteroatoms. The van der Waals surface area contributed by atoms with Crippen molar-refractivity contribution in [3.05, 3.63) is 70.7 Å². The normalized spacial score (nSPS) is 19.8. The third-order valence-corrected chi connectivity index (χ3v) is 4.93. The van der Waals surface area contributed by atoms with Gasteiger partial charge in [-0.15, -0.1) is 0 Å². The molecule has 2 aromatic rings. The zero-order valence-corrected chi connectivity index (χ0v) is 14.4. The summed E-state index contributed by atoms with van der Waals surface area (Å²) < 4.78 is 6.29. The molecule has 0 aliphatic carbocycles. The van der Waals surface area contributed by atoms with Crippen LogP contribution in [0.3, 0.4) is 0 Å². The molecule has 0 spiro atoms. The van der Waals surface area contributed by atoms with E-state index in [1.54, 1.807) is 0 Å². The first-order chi connectivity index (χ1) is 11.2. The van der Waals surface area contributed by atoms with E-state index in [9.17, 15) is 0 Å². The van der Waals surface area contributed by atoms with Gasteiger partial charge in [0.05, 0.1) is 0 Å². The van der Waals surface area contributed by atoms with E-state index in [-0.39, 0.29) is 6.10 Å². The van der Waals surface area contributed by atoms with Gasteiger partial charge < -0.3 is 9.64 Å². The quantitative estimate of drug-likeness (QED) is 0.745. The third kappa shape index (κ3) is 4.35. The average Bonchev–Trinajstić information content (AvgIpc) is 2.99. The van der Waals surface area contributed by atoms with Gasteiger partial charge >= 0.3 is 0 Å². The number of rotatable bonds is 6. The van der Waals surface area contributed by atoms with Crippen LogP contribution in [0.25, 0.3) is 0 Å². The number of benzene rings is 2. The number of hydrogen-bond acceptors (Lipinski definition) is 2. The van der Waals surface area contributed by atoms with E-state index in [4.69, 9.17) is 16.3 Å². The molecular formula is C20H24ClNO. The number of likely N-dealkylation sites (tertiary alicyclic amines) is 1. The van der Waals surface area contributed by atoms with Gasteiger partial charge in [0.15, 0.2) is 0 Å². The summed E-state index contributed by atoms with van der Waals surface area (Å²) in [6.45, 7) is 1.99. The van der Waals surface area contributed by atoms with Crippen molar-refractivity contribution in [1.82, 2.24) is 4.90 Å². The highest BCUT2D eigenvalue weighted by atomic mass is 35.5. The minimum absolute atomic E-state index is 0.0276. The number of ether oxygens (including phenoxy) is 1. The molecule has 2 atom stereocenters. The Balaban J connectivity index is 1.69. The Morgan fingerprint density at radius 1 is 1.09 bits per heavy atom. The minimum Gasteiger partial charge on any atom is -0.369 e. The SMILES string of the molecule is CN1CCCC1CCO[C@H](c1ccccc1)c1ccc(Cl)cc1. The Morgan fingerprint density at radius 2 is 1.78 bits per heavy atom. The maximum absolute atomic E-state index is 6.29. The summed E-state index contributed by atoms with van der Waals surface area (Å²) >= 11 is 6.02. The zero-order valence-electron chi connectivity index (χ0n) is 13.6. The monoisotopic (exact) mass is 329 g/mol. The fourth-order valence-electron chi connectivity index (χ4n) is 3.32. The van der Waals surface area contributed by atoms with Crippen LogP contribution in [0.1, 0.15) is 36.5 Å². The Hall–Kier alpha value is -1.35. The molecule has 0 amide bonds. The van der Waals surface area contributed by atoms with E-state index < -0.39 is 0 Å². The van der Waals surface area contributed by atoms with Gasteiger partial charge in [0.2, 0.25) is 0 Å². The fraction of sp³-hybridized carbons (Fsp3) is 0.400. The molecule has 2 nitrogen and oxygen atoms in total. The first kappa shape index (κ1) is 16.5. The van der Waals surface area contributed by atoms with Crippen LogP contribution in [0.5, 0.6) is 0 Å². The molecule has 0 radical (unpaired) electrons. The summed E-state index contributed by atoms with van der Waals surface area (Å²) in [4.78, 5) is 2.45. The van der Waals surface area contributed by atoms with Crippen molar-refractivity contribution in [3.8, 4) is 0 Å². The lowest BCUT2D eigenvalue weighted by atomic mass is 10.0. The van der Waals surface area contributed by atoms with Crippen LogP contribution in [0.2, 0.25) is 5.02 Å². The molecule has 0 bridgehead atoms. The van der Waals surface area contributed by atoms with Crippen LogP contribution in [0.15, 0.2) is 54.6 Å². The molecule has 23 heavy (non-hydrogen) atoms. The van der Waals surface area contributed by atoms with Crippen molar-refractivity contribution in [2.45, 2.75) is 31.4 Å². The first-order valence-electron chi connectivity index (χ1n) is 8.36.